The SMILES string of the molecule is COC(=O)c1ccccc1N(C)C(=O)c1cnc(O[C@H]2CCOC2)c(Cl)c1. The minimum absolute atomic E-state index is 0.0915. The van der Waals surface area contributed by atoms with Crippen molar-refractivity contribution in [3.63, 3.8) is 0 Å². The molecule has 0 unspecified atom stereocenters. The van der Waals surface area contributed by atoms with Crippen molar-refractivity contribution in [3.8, 4) is 5.88 Å². The summed E-state index contributed by atoms with van der Waals surface area (Å²) in [6, 6.07) is 8.19. The minimum atomic E-state index is -0.524. The van der Waals surface area contributed by atoms with Gasteiger partial charge >= 0.3 is 5.97 Å². The van der Waals surface area contributed by atoms with Crippen LogP contribution >= 0.6 is 11.6 Å². The Bertz CT molecular complexity index is 852. The number of aromatic nitrogens is 1. The van der Waals surface area contributed by atoms with Gasteiger partial charge < -0.3 is 19.1 Å². The van der Waals surface area contributed by atoms with E-state index in [9.17, 15) is 9.59 Å². The number of halogens is 1. The minimum Gasteiger partial charge on any atom is -0.471 e. The summed E-state index contributed by atoms with van der Waals surface area (Å²) in [5.41, 5.74) is 0.988. The van der Waals surface area contributed by atoms with Crippen LogP contribution in [-0.2, 0) is 9.47 Å². The standard InChI is InChI=1S/C19H19ClN2O5/c1-22(16-6-4-3-5-14(16)19(24)25-2)18(23)12-9-15(20)17(21-10-12)27-13-7-8-26-11-13/h3-6,9-10,13H,7-8,11H2,1-2H3/t13-/m0/s1. The number of rotatable bonds is 5. The molecule has 2 aromatic rings. The molecule has 1 atom stereocenters. The molecule has 0 bridgehead atoms. The van der Waals surface area contributed by atoms with Gasteiger partial charge in [0.05, 0.1) is 37.1 Å². The fourth-order valence-electron chi connectivity index (χ4n) is 2.74. The van der Waals surface area contributed by atoms with Gasteiger partial charge in [-0.05, 0) is 18.2 Å². The lowest BCUT2D eigenvalue weighted by Gasteiger charge is -2.20. The molecule has 142 valence electrons. The molecule has 0 aliphatic carbocycles. The maximum atomic E-state index is 12.8. The number of methoxy groups -OCH3 is 1. The fraction of sp³-hybridized carbons (Fsp3) is 0.316. The highest BCUT2D eigenvalue weighted by atomic mass is 35.5. The number of pyridine rings is 1. The van der Waals surface area contributed by atoms with Crippen molar-refractivity contribution in [2.75, 3.05) is 32.3 Å². The number of carbonyl (C=O) groups excluding carboxylic acids is 2. The van der Waals surface area contributed by atoms with Gasteiger partial charge in [-0.25, -0.2) is 9.78 Å². The number of nitrogens with zero attached hydrogens (tertiary/aromatic N) is 2. The van der Waals surface area contributed by atoms with Crippen LogP contribution < -0.4 is 9.64 Å². The summed E-state index contributed by atoms with van der Waals surface area (Å²) < 4.78 is 15.7. The molecule has 1 aliphatic rings. The number of para-hydroxylation sites is 1. The van der Waals surface area contributed by atoms with Crippen molar-refractivity contribution < 1.29 is 23.8 Å². The van der Waals surface area contributed by atoms with E-state index in [0.717, 1.165) is 6.42 Å². The number of anilines is 1. The first kappa shape index (κ1) is 19.1. The van der Waals surface area contributed by atoms with Crippen molar-refractivity contribution in [3.05, 3.63) is 52.7 Å². The maximum Gasteiger partial charge on any atom is 0.339 e. The maximum absolute atomic E-state index is 12.8. The third-order valence-electron chi connectivity index (χ3n) is 4.20. The second kappa shape index (κ2) is 8.37. The van der Waals surface area contributed by atoms with Crippen LogP contribution in [0.15, 0.2) is 36.5 Å². The molecule has 2 heterocycles. The Hall–Kier alpha value is -2.64. The molecular weight excluding hydrogens is 372 g/mol. The third kappa shape index (κ3) is 4.20. The number of amides is 1. The second-order valence-corrected chi connectivity index (χ2v) is 6.39. The first-order valence-corrected chi connectivity index (χ1v) is 8.74. The van der Waals surface area contributed by atoms with E-state index in [2.05, 4.69) is 4.98 Å². The molecule has 1 aliphatic heterocycles. The molecule has 0 radical (unpaired) electrons. The van der Waals surface area contributed by atoms with Gasteiger partial charge in [0.2, 0.25) is 5.88 Å². The van der Waals surface area contributed by atoms with E-state index in [1.807, 2.05) is 0 Å². The number of hydrogen-bond donors (Lipinski definition) is 0. The number of esters is 1. The third-order valence-corrected chi connectivity index (χ3v) is 4.47. The molecule has 8 heteroatoms. The average Bonchev–Trinajstić information content (AvgIpc) is 3.21. The lowest BCUT2D eigenvalue weighted by Crippen LogP contribution is -2.28. The van der Waals surface area contributed by atoms with Crippen LogP contribution in [0.3, 0.4) is 0 Å². The van der Waals surface area contributed by atoms with Crippen LogP contribution in [0.4, 0.5) is 5.69 Å². The Morgan fingerprint density at radius 2 is 2.11 bits per heavy atom. The molecule has 1 aromatic carbocycles. The van der Waals surface area contributed by atoms with Crippen LogP contribution in [0.2, 0.25) is 5.02 Å². The average molecular weight is 391 g/mol. The summed E-state index contributed by atoms with van der Waals surface area (Å²) in [7, 11) is 2.86. The Labute approximate surface area is 161 Å². The van der Waals surface area contributed by atoms with Gasteiger partial charge in [-0.3, -0.25) is 4.79 Å². The lowest BCUT2D eigenvalue weighted by molar-refractivity contribution is 0.0601. The molecular formula is C19H19ClN2O5. The first-order valence-electron chi connectivity index (χ1n) is 8.36. The predicted octanol–water partition coefficient (Wildman–Crippen LogP) is 2.97. The summed E-state index contributed by atoms with van der Waals surface area (Å²) in [6.45, 7) is 1.13. The van der Waals surface area contributed by atoms with Crippen LogP contribution in [-0.4, -0.2) is 50.3 Å². The Morgan fingerprint density at radius 1 is 1.33 bits per heavy atom. The molecule has 3 rings (SSSR count). The Balaban J connectivity index is 1.81. The zero-order valence-corrected chi connectivity index (χ0v) is 15.7. The lowest BCUT2D eigenvalue weighted by atomic mass is 10.1. The van der Waals surface area contributed by atoms with E-state index in [0.29, 0.717) is 18.9 Å². The van der Waals surface area contributed by atoms with Crippen LogP contribution in [0.1, 0.15) is 27.1 Å². The highest BCUT2D eigenvalue weighted by Gasteiger charge is 2.23. The second-order valence-electron chi connectivity index (χ2n) is 5.99. The van der Waals surface area contributed by atoms with E-state index in [4.69, 9.17) is 25.8 Å². The van der Waals surface area contributed by atoms with Crippen LogP contribution in [0, 0.1) is 0 Å². The number of benzene rings is 1. The van der Waals surface area contributed by atoms with Crippen molar-refractivity contribution in [2.45, 2.75) is 12.5 Å². The van der Waals surface area contributed by atoms with Gasteiger partial charge in [0, 0.05) is 19.7 Å². The Kier molecular flexibility index (Phi) is 5.93. The largest absolute Gasteiger partial charge is 0.471 e. The summed E-state index contributed by atoms with van der Waals surface area (Å²) >= 11 is 6.23. The molecule has 1 fully saturated rings. The Morgan fingerprint density at radius 3 is 2.78 bits per heavy atom. The quantitative estimate of drug-likeness (QED) is 0.730. The molecule has 0 N–H and O–H groups in total. The summed E-state index contributed by atoms with van der Waals surface area (Å²) in [4.78, 5) is 30.3. The van der Waals surface area contributed by atoms with Crippen LogP contribution in [0.5, 0.6) is 5.88 Å². The molecule has 7 nitrogen and oxygen atoms in total. The molecule has 1 saturated heterocycles. The van der Waals surface area contributed by atoms with Gasteiger partial charge in [0.15, 0.2) is 0 Å². The first-order chi connectivity index (χ1) is 13.0. The van der Waals surface area contributed by atoms with E-state index < -0.39 is 5.97 Å². The fourth-order valence-corrected chi connectivity index (χ4v) is 2.96. The zero-order valence-electron chi connectivity index (χ0n) is 15.0. The molecule has 1 amide bonds. The van der Waals surface area contributed by atoms with E-state index in [1.54, 1.807) is 31.3 Å². The van der Waals surface area contributed by atoms with Crippen molar-refractivity contribution in [2.24, 2.45) is 0 Å². The van der Waals surface area contributed by atoms with Crippen molar-refractivity contribution >= 4 is 29.2 Å². The summed E-state index contributed by atoms with van der Waals surface area (Å²) in [6.07, 6.45) is 2.08. The number of carbonyl (C=O) groups is 2. The molecule has 0 saturated carbocycles. The van der Waals surface area contributed by atoms with Crippen LogP contribution in [0.25, 0.3) is 0 Å². The van der Waals surface area contributed by atoms with Gasteiger partial charge in [-0.2, -0.15) is 0 Å². The van der Waals surface area contributed by atoms with Gasteiger partial charge in [0.25, 0.3) is 5.91 Å². The molecule has 1 aromatic heterocycles. The molecule has 27 heavy (non-hydrogen) atoms. The smallest absolute Gasteiger partial charge is 0.339 e. The summed E-state index contributed by atoms with van der Waals surface area (Å²) in [5, 5.41) is 0.238. The highest BCUT2D eigenvalue weighted by Crippen LogP contribution is 2.27. The van der Waals surface area contributed by atoms with Crippen molar-refractivity contribution in [1.82, 2.24) is 4.98 Å². The predicted molar refractivity (Wildman–Crippen MR) is 99.6 cm³/mol. The highest BCUT2D eigenvalue weighted by molar-refractivity contribution is 6.32. The summed E-state index contributed by atoms with van der Waals surface area (Å²) in [5.74, 6) is -0.623. The molecule has 0 spiro atoms. The topological polar surface area (TPSA) is 78.0 Å². The van der Waals surface area contributed by atoms with Gasteiger partial charge in [0.1, 0.15) is 11.1 Å². The normalized spacial score (nSPS) is 16.0. The number of ether oxygens (including phenoxy) is 3. The van der Waals surface area contributed by atoms with Crippen molar-refractivity contribution in [1.29, 1.82) is 0 Å². The van der Waals surface area contributed by atoms with E-state index in [1.165, 1.54) is 24.3 Å². The van der Waals surface area contributed by atoms with E-state index >= 15 is 0 Å². The van der Waals surface area contributed by atoms with Gasteiger partial charge in [-0.15, -0.1) is 0 Å². The zero-order chi connectivity index (χ0) is 19.4. The van der Waals surface area contributed by atoms with Gasteiger partial charge in [-0.1, -0.05) is 23.7 Å². The van der Waals surface area contributed by atoms with E-state index in [-0.39, 0.29) is 34.0 Å². The number of hydrogen-bond acceptors (Lipinski definition) is 6. The monoisotopic (exact) mass is 390 g/mol.